The predicted octanol–water partition coefficient (Wildman–Crippen LogP) is 3.91. The number of carbonyl (C=O) groups excluding carboxylic acids is 2. The molecule has 0 saturated carbocycles. The minimum atomic E-state index is -0.460. The highest BCUT2D eigenvalue weighted by molar-refractivity contribution is 5.94. The van der Waals surface area contributed by atoms with Gasteiger partial charge in [0.25, 0.3) is 0 Å². The zero-order valence-corrected chi connectivity index (χ0v) is 15.5. The Kier molecular flexibility index (Phi) is 7.05. The Bertz CT molecular complexity index is 547. The van der Waals surface area contributed by atoms with Crippen molar-refractivity contribution in [1.82, 2.24) is 4.90 Å². The number of hydrogen-bond acceptors (Lipinski definition) is 5. The fourth-order valence-electron chi connectivity index (χ4n) is 2.94. The molecule has 140 valence electrons. The van der Waals surface area contributed by atoms with Crippen molar-refractivity contribution in [1.29, 1.82) is 0 Å². The van der Waals surface area contributed by atoms with Crippen molar-refractivity contribution in [3.8, 4) is 0 Å². The molecule has 0 radical (unpaired) electrons. The lowest BCUT2D eigenvalue weighted by atomic mass is 9.94. The van der Waals surface area contributed by atoms with Gasteiger partial charge in [-0.1, -0.05) is 0 Å². The predicted molar refractivity (Wildman–Crippen MR) is 93.6 cm³/mol. The van der Waals surface area contributed by atoms with E-state index in [1.165, 1.54) is 6.26 Å². The van der Waals surface area contributed by atoms with Crippen LogP contribution in [0.4, 0.5) is 4.79 Å². The van der Waals surface area contributed by atoms with Crippen LogP contribution < -0.4 is 0 Å². The fourth-order valence-corrected chi connectivity index (χ4v) is 2.94. The maximum absolute atomic E-state index is 12.2. The van der Waals surface area contributed by atoms with Gasteiger partial charge in [-0.15, -0.1) is 0 Å². The molecule has 2 rings (SSSR count). The SMILES string of the molecule is CC(C)(C)OC(=O)N1CCCC(CCCOCC(=O)c2ccco2)C1. The first kappa shape index (κ1) is 19.5. The topological polar surface area (TPSA) is 69.0 Å². The first-order valence-corrected chi connectivity index (χ1v) is 8.97. The number of ether oxygens (including phenoxy) is 2. The summed E-state index contributed by atoms with van der Waals surface area (Å²) in [7, 11) is 0. The van der Waals surface area contributed by atoms with E-state index in [1.54, 1.807) is 17.0 Å². The Labute approximate surface area is 149 Å². The number of piperidine rings is 1. The van der Waals surface area contributed by atoms with Gasteiger partial charge in [0.1, 0.15) is 12.2 Å². The Morgan fingerprint density at radius 1 is 1.36 bits per heavy atom. The third-order valence-corrected chi connectivity index (χ3v) is 4.10. The maximum Gasteiger partial charge on any atom is 0.410 e. The number of hydrogen-bond donors (Lipinski definition) is 0. The van der Waals surface area contributed by atoms with Crippen LogP contribution in [0, 0.1) is 5.92 Å². The van der Waals surface area contributed by atoms with Gasteiger partial charge >= 0.3 is 6.09 Å². The van der Waals surface area contributed by atoms with E-state index in [0.717, 1.165) is 38.8 Å². The lowest BCUT2D eigenvalue weighted by Crippen LogP contribution is -2.42. The van der Waals surface area contributed by atoms with E-state index in [0.29, 0.717) is 18.3 Å². The largest absolute Gasteiger partial charge is 0.461 e. The molecule has 0 aromatic carbocycles. The first-order chi connectivity index (χ1) is 11.8. The van der Waals surface area contributed by atoms with Gasteiger partial charge in [-0.3, -0.25) is 4.79 Å². The molecular weight excluding hydrogens is 322 g/mol. The Hall–Kier alpha value is -1.82. The van der Waals surface area contributed by atoms with Crippen LogP contribution in [0.5, 0.6) is 0 Å². The summed E-state index contributed by atoms with van der Waals surface area (Å²) in [6.45, 7) is 7.73. The summed E-state index contributed by atoms with van der Waals surface area (Å²) in [5, 5.41) is 0. The lowest BCUT2D eigenvalue weighted by molar-refractivity contribution is 0.0155. The fraction of sp³-hybridized carbons (Fsp3) is 0.684. The highest BCUT2D eigenvalue weighted by Gasteiger charge is 2.27. The molecule has 1 amide bonds. The molecule has 2 heterocycles. The number of nitrogens with zero attached hydrogens (tertiary/aromatic N) is 1. The number of amides is 1. The van der Waals surface area contributed by atoms with E-state index in [-0.39, 0.29) is 18.5 Å². The van der Waals surface area contributed by atoms with Crippen LogP contribution in [0.15, 0.2) is 22.8 Å². The summed E-state index contributed by atoms with van der Waals surface area (Å²) < 4.78 is 15.9. The summed E-state index contributed by atoms with van der Waals surface area (Å²) >= 11 is 0. The molecule has 0 N–H and O–H groups in total. The van der Waals surface area contributed by atoms with Gasteiger partial charge < -0.3 is 18.8 Å². The van der Waals surface area contributed by atoms with Gasteiger partial charge in [0.2, 0.25) is 5.78 Å². The minimum absolute atomic E-state index is 0.0439. The number of Topliss-reactive ketones (excluding diaryl/α,β-unsaturated/α-hetero) is 1. The molecule has 0 aliphatic carbocycles. The van der Waals surface area contributed by atoms with Crippen molar-refractivity contribution >= 4 is 11.9 Å². The van der Waals surface area contributed by atoms with E-state index in [9.17, 15) is 9.59 Å². The molecule has 6 heteroatoms. The first-order valence-electron chi connectivity index (χ1n) is 8.97. The van der Waals surface area contributed by atoms with E-state index < -0.39 is 5.60 Å². The number of rotatable bonds is 7. The minimum Gasteiger partial charge on any atom is -0.461 e. The maximum atomic E-state index is 12.2. The molecule has 1 aromatic rings. The van der Waals surface area contributed by atoms with Crippen molar-refractivity contribution < 1.29 is 23.5 Å². The van der Waals surface area contributed by atoms with Crippen LogP contribution >= 0.6 is 0 Å². The highest BCUT2D eigenvalue weighted by atomic mass is 16.6. The molecular formula is C19H29NO5. The standard InChI is InChI=1S/C19H29NO5/c1-19(2,3)25-18(22)20-10-4-7-15(13-20)8-5-11-23-14-16(21)17-9-6-12-24-17/h6,9,12,15H,4-5,7-8,10-11,13-14H2,1-3H3. The summed E-state index contributed by atoms with van der Waals surface area (Å²) in [6.07, 6.45) is 5.23. The number of ketones is 1. The van der Waals surface area contributed by atoms with Crippen molar-refractivity contribution in [3.05, 3.63) is 24.2 Å². The van der Waals surface area contributed by atoms with Gasteiger partial charge in [-0.25, -0.2) is 4.79 Å². The van der Waals surface area contributed by atoms with Crippen LogP contribution in [-0.4, -0.2) is 48.7 Å². The summed E-state index contributed by atoms with van der Waals surface area (Å²) in [4.78, 5) is 25.7. The van der Waals surface area contributed by atoms with Crippen LogP contribution in [-0.2, 0) is 9.47 Å². The molecule has 1 saturated heterocycles. The molecule has 1 aliphatic rings. The van der Waals surface area contributed by atoms with E-state index in [4.69, 9.17) is 13.9 Å². The Morgan fingerprint density at radius 2 is 2.16 bits per heavy atom. The van der Waals surface area contributed by atoms with Crippen molar-refractivity contribution in [2.45, 2.75) is 52.1 Å². The molecule has 1 atom stereocenters. The summed E-state index contributed by atoms with van der Waals surface area (Å²) in [5.41, 5.74) is -0.460. The average Bonchev–Trinajstić information content (AvgIpc) is 3.07. The zero-order chi connectivity index (χ0) is 18.3. The van der Waals surface area contributed by atoms with Crippen molar-refractivity contribution in [2.75, 3.05) is 26.3 Å². The summed E-state index contributed by atoms with van der Waals surface area (Å²) in [5.74, 6) is 0.657. The van der Waals surface area contributed by atoms with Crippen molar-refractivity contribution in [2.24, 2.45) is 5.92 Å². The van der Waals surface area contributed by atoms with E-state index in [2.05, 4.69) is 0 Å². The second-order valence-electron chi connectivity index (χ2n) is 7.53. The molecule has 25 heavy (non-hydrogen) atoms. The van der Waals surface area contributed by atoms with Crippen LogP contribution in [0.1, 0.15) is 57.0 Å². The molecule has 1 aliphatic heterocycles. The van der Waals surface area contributed by atoms with Crippen LogP contribution in [0.3, 0.4) is 0 Å². The van der Waals surface area contributed by atoms with Gasteiger partial charge in [0.15, 0.2) is 5.76 Å². The molecule has 6 nitrogen and oxygen atoms in total. The summed E-state index contributed by atoms with van der Waals surface area (Å²) in [6, 6.07) is 3.33. The second kappa shape index (κ2) is 9.04. The monoisotopic (exact) mass is 351 g/mol. The normalized spacial score (nSPS) is 18.2. The van der Waals surface area contributed by atoms with Gasteiger partial charge in [0, 0.05) is 19.7 Å². The Balaban J connectivity index is 1.62. The third-order valence-electron chi connectivity index (χ3n) is 4.10. The van der Waals surface area contributed by atoms with Crippen molar-refractivity contribution in [3.63, 3.8) is 0 Å². The highest BCUT2D eigenvalue weighted by Crippen LogP contribution is 2.22. The van der Waals surface area contributed by atoms with E-state index in [1.807, 2.05) is 20.8 Å². The smallest absolute Gasteiger partial charge is 0.410 e. The Morgan fingerprint density at radius 3 is 2.84 bits per heavy atom. The molecule has 1 aromatic heterocycles. The van der Waals surface area contributed by atoms with Gasteiger partial charge in [0.05, 0.1) is 6.26 Å². The second-order valence-corrected chi connectivity index (χ2v) is 7.53. The zero-order valence-electron chi connectivity index (χ0n) is 15.5. The molecule has 1 fully saturated rings. The van der Waals surface area contributed by atoms with Gasteiger partial charge in [-0.05, 0) is 64.5 Å². The lowest BCUT2D eigenvalue weighted by Gasteiger charge is -2.34. The molecule has 0 spiro atoms. The van der Waals surface area contributed by atoms with Crippen LogP contribution in [0.25, 0.3) is 0 Å². The quantitative estimate of drug-likeness (QED) is 0.550. The van der Waals surface area contributed by atoms with Crippen LogP contribution in [0.2, 0.25) is 0 Å². The van der Waals surface area contributed by atoms with Gasteiger partial charge in [-0.2, -0.15) is 0 Å². The third kappa shape index (κ3) is 6.90. The number of carbonyl (C=O) groups is 2. The average molecular weight is 351 g/mol. The molecule has 0 bridgehead atoms. The van der Waals surface area contributed by atoms with E-state index >= 15 is 0 Å². The number of furan rings is 1. The molecule has 1 unspecified atom stereocenters. The number of likely N-dealkylation sites (tertiary alicyclic amines) is 1.